The van der Waals surface area contributed by atoms with Crippen LogP contribution in [0.2, 0.25) is 0 Å². The van der Waals surface area contributed by atoms with E-state index in [4.69, 9.17) is 4.74 Å². The molecule has 138 valence electrons. The number of methoxy groups -OCH3 is 1. The Balaban J connectivity index is 1.81. The number of hydrogen-bond donors (Lipinski definition) is 1. The Morgan fingerprint density at radius 3 is 2.50 bits per heavy atom. The first-order valence-electron chi connectivity index (χ1n) is 8.74. The van der Waals surface area contributed by atoms with Gasteiger partial charge in [0, 0.05) is 39.2 Å². The second-order valence-corrected chi connectivity index (χ2v) is 6.48. The Morgan fingerprint density at radius 1 is 1.12 bits per heavy atom. The van der Waals surface area contributed by atoms with Gasteiger partial charge >= 0.3 is 0 Å². The van der Waals surface area contributed by atoms with E-state index in [2.05, 4.69) is 20.2 Å². The molecule has 7 heteroatoms. The SMILES string of the molecule is COc1ccc(C)cc1Nc1cc(N2CCN(C(C)=O)CC2)nc(C)n1. The molecule has 0 aliphatic carbocycles. The molecule has 1 aromatic heterocycles. The lowest BCUT2D eigenvalue weighted by Crippen LogP contribution is -2.48. The number of carbonyl (C=O) groups is 1. The first-order chi connectivity index (χ1) is 12.5. The molecular formula is C19H25N5O2. The van der Waals surface area contributed by atoms with Crippen molar-refractivity contribution in [3.05, 3.63) is 35.7 Å². The van der Waals surface area contributed by atoms with Gasteiger partial charge in [-0.1, -0.05) is 6.07 Å². The van der Waals surface area contributed by atoms with E-state index in [1.807, 2.05) is 43.0 Å². The third-order valence-electron chi connectivity index (χ3n) is 4.49. The van der Waals surface area contributed by atoms with E-state index in [0.29, 0.717) is 18.9 Å². The van der Waals surface area contributed by atoms with E-state index in [1.165, 1.54) is 0 Å². The van der Waals surface area contributed by atoms with Crippen LogP contribution in [0, 0.1) is 13.8 Å². The van der Waals surface area contributed by atoms with E-state index in [-0.39, 0.29) is 5.91 Å². The molecule has 0 bridgehead atoms. The van der Waals surface area contributed by atoms with Crippen molar-refractivity contribution in [2.24, 2.45) is 0 Å². The van der Waals surface area contributed by atoms with Gasteiger partial charge in [-0.15, -0.1) is 0 Å². The molecule has 0 atom stereocenters. The van der Waals surface area contributed by atoms with Crippen LogP contribution in [0.25, 0.3) is 0 Å². The summed E-state index contributed by atoms with van der Waals surface area (Å²) in [6, 6.07) is 7.92. The summed E-state index contributed by atoms with van der Waals surface area (Å²) in [6.45, 7) is 8.50. The molecule has 2 heterocycles. The van der Waals surface area contributed by atoms with Crippen molar-refractivity contribution >= 4 is 23.2 Å². The number of nitrogens with zero attached hydrogens (tertiary/aromatic N) is 4. The number of piperazine rings is 1. The maximum atomic E-state index is 11.5. The van der Waals surface area contributed by atoms with Crippen molar-refractivity contribution in [1.29, 1.82) is 0 Å². The first-order valence-corrected chi connectivity index (χ1v) is 8.74. The van der Waals surface area contributed by atoms with Crippen LogP contribution in [-0.4, -0.2) is 54.1 Å². The van der Waals surface area contributed by atoms with Crippen LogP contribution >= 0.6 is 0 Å². The summed E-state index contributed by atoms with van der Waals surface area (Å²) < 4.78 is 5.43. The lowest BCUT2D eigenvalue weighted by atomic mass is 10.2. The van der Waals surface area contributed by atoms with Gasteiger partial charge in [-0.05, 0) is 31.5 Å². The topological polar surface area (TPSA) is 70.6 Å². The van der Waals surface area contributed by atoms with Crippen molar-refractivity contribution in [2.75, 3.05) is 43.5 Å². The van der Waals surface area contributed by atoms with Gasteiger partial charge in [0.15, 0.2) is 0 Å². The molecule has 1 aromatic carbocycles. The maximum absolute atomic E-state index is 11.5. The van der Waals surface area contributed by atoms with Crippen molar-refractivity contribution in [1.82, 2.24) is 14.9 Å². The summed E-state index contributed by atoms with van der Waals surface area (Å²) in [5.41, 5.74) is 2.01. The number of aryl methyl sites for hydroxylation is 2. The van der Waals surface area contributed by atoms with Crippen LogP contribution < -0.4 is 15.0 Å². The molecule has 1 amide bonds. The lowest BCUT2D eigenvalue weighted by molar-refractivity contribution is -0.129. The molecule has 1 fully saturated rings. The number of ether oxygens (including phenoxy) is 1. The minimum atomic E-state index is 0.123. The molecule has 26 heavy (non-hydrogen) atoms. The van der Waals surface area contributed by atoms with Crippen LogP contribution in [0.15, 0.2) is 24.3 Å². The van der Waals surface area contributed by atoms with Crippen molar-refractivity contribution in [3.8, 4) is 5.75 Å². The minimum Gasteiger partial charge on any atom is -0.495 e. The highest BCUT2D eigenvalue weighted by Gasteiger charge is 2.20. The fourth-order valence-electron chi connectivity index (χ4n) is 3.09. The number of rotatable bonds is 4. The molecule has 0 radical (unpaired) electrons. The molecule has 2 aromatic rings. The molecular weight excluding hydrogens is 330 g/mol. The molecule has 1 aliphatic heterocycles. The van der Waals surface area contributed by atoms with E-state index < -0.39 is 0 Å². The van der Waals surface area contributed by atoms with Gasteiger partial charge in [-0.2, -0.15) is 0 Å². The summed E-state index contributed by atoms with van der Waals surface area (Å²) in [5, 5.41) is 3.34. The molecule has 1 N–H and O–H groups in total. The molecule has 0 unspecified atom stereocenters. The number of benzene rings is 1. The standard InChI is InChI=1S/C19H25N5O2/c1-13-5-6-17(26-4)16(11-13)22-18-12-19(21-14(2)20-18)24-9-7-23(8-10-24)15(3)25/h5-6,11-12H,7-10H2,1-4H3,(H,20,21,22). The van der Waals surface area contributed by atoms with Gasteiger partial charge in [0.2, 0.25) is 5.91 Å². The predicted molar refractivity (Wildman–Crippen MR) is 102 cm³/mol. The Bertz CT molecular complexity index is 801. The normalized spacial score (nSPS) is 14.3. The number of hydrogen-bond acceptors (Lipinski definition) is 6. The fraction of sp³-hybridized carbons (Fsp3) is 0.421. The smallest absolute Gasteiger partial charge is 0.219 e. The Hall–Kier alpha value is -2.83. The largest absolute Gasteiger partial charge is 0.495 e. The van der Waals surface area contributed by atoms with Crippen molar-refractivity contribution in [3.63, 3.8) is 0 Å². The summed E-state index contributed by atoms with van der Waals surface area (Å²) >= 11 is 0. The lowest BCUT2D eigenvalue weighted by Gasteiger charge is -2.35. The molecule has 0 spiro atoms. The highest BCUT2D eigenvalue weighted by molar-refractivity contribution is 5.73. The maximum Gasteiger partial charge on any atom is 0.219 e. The second-order valence-electron chi connectivity index (χ2n) is 6.48. The Morgan fingerprint density at radius 2 is 1.85 bits per heavy atom. The van der Waals surface area contributed by atoms with Gasteiger partial charge < -0.3 is 19.9 Å². The second kappa shape index (κ2) is 7.59. The van der Waals surface area contributed by atoms with Gasteiger partial charge in [0.05, 0.1) is 12.8 Å². The quantitative estimate of drug-likeness (QED) is 0.909. The average molecular weight is 355 g/mol. The molecule has 0 saturated carbocycles. The third-order valence-corrected chi connectivity index (χ3v) is 4.49. The van der Waals surface area contributed by atoms with Crippen LogP contribution in [0.1, 0.15) is 18.3 Å². The summed E-state index contributed by atoms with van der Waals surface area (Å²) in [4.78, 5) is 24.6. The van der Waals surface area contributed by atoms with Gasteiger partial charge in [-0.25, -0.2) is 9.97 Å². The predicted octanol–water partition coefficient (Wildman–Crippen LogP) is 2.51. The highest BCUT2D eigenvalue weighted by atomic mass is 16.5. The fourth-order valence-corrected chi connectivity index (χ4v) is 3.09. The van der Waals surface area contributed by atoms with Crippen LogP contribution in [0.5, 0.6) is 5.75 Å². The van der Waals surface area contributed by atoms with Crippen LogP contribution in [0.3, 0.4) is 0 Å². The van der Waals surface area contributed by atoms with Gasteiger partial charge in [-0.3, -0.25) is 4.79 Å². The van der Waals surface area contributed by atoms with E-state index in [0.717, 1.165) is 41.7 Å². The highest BCUT2D eigenvalue weighted by Crippen LogP contribution is 2.29. The van der Waals surface area contributed by atoms with Gasteiger partial charge in [0.1, 0.15) is 23.2 Å². The zero-order valence-corrected chi connectivity index (χ0v) is 15.7. The average Bonchev–Trinajstić information content (AvgIpc) is 2.61. The van der Waals surface area contributed by atoms with Gasteiger partial charge in [0.25, 0.3) is 0 Å². The van der Waals surface area contributed by atoms with E-state index in [9.17, 15) is 4.79 Å². The zero-order chi connectivity index (χ0) is 18.7. The number of amides is 1. The molecule has 3 rings (SSSR count). The van der Waals surface area contributed by atoms with E-state index >= 15 is 0 Å². The van der Waals surface area contributed by atoms with Crippen molar-refractivity contribution < 1.29 is 9.53 Å². The Kier molecular flexibility index (Phi) is 5.25. The number of nitrogens with one attached hydrogen (secondary N) is 1. The minimum absolute atomic E-state index is 0.123. The Labute approximate surface area is 154 Å². The number of anilines is 3. The molecule has 7 nitrogen and oxygen atoms in total. The summed E-state index contributed by atoms with van der Waals surface area (Å²) in [5.74, 6) is 3.19. The summed E-state index contributed by atoms with van der Waals surface area (Å²) in [6.07, 6.45) is 0. The zero-order valence-electron chi connectivity index (χ0n) is 15.7. The molecule has 1 saturated heterocycles. The van der Waals surface area contributed by atoms with Crippen molar-refractivity contribution in [2.45, 2.75) is 20.8 Å². The van der Waals surface area contributed by atoms with E-state index in [1.54, 1.807) is 14.0 Å². The first kappa shape index (κ1) is 18.0. The van der Waals surface area contributed by atoms with Crippen LogP contribution in [0.4, 0.5) is 17.3 Å². The molecule has 1 aliphatic rings. The third kappa shape index (κ3) is 4.04. The number of carbonyl (C=O) groups excluding carboxylic acids is 1. The monoisotopic (exact) mass is 355 g/mol. The van der Waals surface area contributed by atoms with Crippen LogP contribution in [-0.2, 0) is 4.79 Å². The number of aromatic nitrogens is 2. The summed E-state index contributed by atoms with van der Waals surface area (Å²) in [7, 11) is 1.65.